The SMILES string of the molecule is CC.c1ccc(COc2ncnc3cc[nH]c23)cc1. The summed E-state index contributed by atoms with van der Waals surface area (Å²) in [4.78, 5) is 11.3. The Morgan fingerprint density at radius 2 is 1.84 bits per heavy atom. The molecule has 0 aliphatic heterocycles. The van der Waals surface area contributed by atoms with Crippen molar-refractivity contribution in [1.29, 1.82) is 0 Å². The molecular weight excluding hydrogens is 238 g/mol. The van der Waals surface area contributed by atoms with Crippen molar-refractivity contribution in [1.82, 2.24) is 15.0 Å². The first-order chi connectivity index (χ1) is 9.43. The number of ether oxygens (including phenoxy) is 1. The Bertz CT molecular complexity index is 619. The quantitative estimate of drug-likeness (QED) is 0.778. The highest BCUT2D eigenvalue weighted by atomic mass is 16.5. The number of hydrogen-bond acceptors (Lipinski definition) is 3. The van der Waals surface area contributed by atoms with E-state index in [1.807, 2.05) is 56.4 Å². The number of nitrogens with zero attached hydrogens (tertiary/aromatic N) is 2. The predicted octanol–water partition coefficient (Wildman–Crippen LogP) is 3.56. The minimum atomic E-state index is 0.506. The number of hydrogen-bond donors (Lipinski definition) is 1. The molecule has 4 nitrogen and oxygen atoms in total. The molecule has 3 aromatic rings. The van der Waals surface area contributed by atoms with E-state index in [9.17, 15) is 0 Å². The fraction of sp³-hybridized carbons (Fsp3) is 0.200. The molecule has 0 unspecified atom stereocenters. The van der Waals surface area contributed by atoms with Gasteiger partial charge in [0.05, 0.1) is 5.52 Å². The molecule has 2 aromatic heterocycles. The second kappa shape index (κ2) is 6.54. The molecule has 98 valence electrons. The second-order valence-electron chi connectivity index (χ2n) is 3.69. The molecule has 19 heavy (non-hydrogen) atoms. The van der Waals surface area contributed by atoms with Gasteiger partial charge in [0, 0.05) is 6.20 Å². The highest BCUT2D eigenvalue weighted by molar-refractivity contribution is 5.79. The second-order valence-corrected chi connectivity index (χ2v) is 3.69. The third kappa shape index (κ3) is 3.10. The lowest BCUT2D eigenvalue weighted by Crippen LogP contribution is -1.98. The van der Waals surface area contributed by atoms with Crippen molar-refractivity contribution in [3.63, 3.8) is 0 Å². The average molecular weight is 255 g/mol. The highest BCUT2D eigenvalue weighted by Crippen LogP contribution is 2.19. The normalized spacial score (nSPS) is 9.79. The fourth-order valence-corrected chi connectivity index (χ4v) is 1.68. The first-order valence-electron chi connectivity index (χ1n) is 6.38. The van der Waals surface area contributed by atoms with Crippen LogP contribution in [0.15, 0.2) is 48.9 Å². The van der Waals surface area contributed by atoms with Crippen molar-refractivity contribution in [3.05, 3.63) is 54.5 Å². The average Bonchev–Trinajstić information content (AvgIpc) is 2.97. The molecule has 1 aromatic carbocycles. The van der Waals surface area contributed by atoms with E-state index in [4.69, 9.17) is 4.74 Å². The summed E-state index contributed by atoms with van der Waals surface area (Å²) in [6.45, 7) is 4.51. The Morgan fingerprint density at radius 3 is 2.63 bits per heavy atom. The Hall–Kier alpha value is -2.36. The summed E-state index contributed by atoms with van der Waals surface area (Å²) < 4.78 is 5.68. The van der Waals surface area contributed by atoms with Gasteiger partial charge in [-0.05, 0) is 11.6 Å². The van der Waals surface area contributed by atoms with E-state index in [1.54, 1.807) is 0 Å². The van der Waals surface area contributed by atoms with Crippen LogP contribution in [0.1, 0.15) is 19.4 Å². The van der Waals surface area contributed by atoms with Gasteiger partial charge in [0.1, 0.15) is 18.5 Å². The van der Waals surface area contributed by atoms with Gasteiger partial charge in [-0.3, -0.25) is 0 Å². The zero-order valence-electron chi connectivity index (χ0n) is 11.1. The van der Waals surface area contributed by atoms with Crippen LogP contribution in [0.4, 0.5) is 0 Å². The Balaban J connectivity index is 0.000000637. The Kier molecular flexibility index (Phi) is 4.50. The van der Waals surface area contributed by atoms with Crippen LogP contribution in [0.25, 0.3) is 11.0 Å². The zero-order valence-corrected chi connectivity index (χ0v) is 11.1. The minimum absolute atomic E-state index is 0.506. The van der Waals surface area contributed by atoms with Crippen molar-refractivity contribution < 1.29 is 4.74 Å². The molecule has 0 saturated heterocycles. The molecule has 0 aliphatic carbocycles. The third-order valence-corrected chi connectivity index (χ3v) is 2.53. The van der Waals surface area contributed by atoms with E-state index < -0.39 is 0 Å². The summed E-state index contributed by atoms with van der Waals surface area (Å²) in [6.07, 6.45) is 3.34. The van der Waals surface area contributed by atoms with Crippen molar-refractivity contribution in [2.45, 2.75) is 20.5 Å². The summed E-state index contributed by atoms with van der Waals surface area (Å²) in [5.41, 5.74) is 2.82. The molecule has 0 fully saturated rings. The number of benzene rings is 1. The molecule has 3 rings (SSSR count). The summed E-state index contributed by atoms with van der Waals surface area (Å²) in [7, 11) is 0. The van der Waals surface area contributed by atoms with Crippen LogP contribution in [0.2, 0.25) is 0 Å². The lowest BCUT2D eigenvalue weighted by Gasteiger charge is -2.05. The van der Waals surface area contributed by atoms with Crippen molar-refractivity contribution in [2.75, 3.05) is 0 Å². The molecule has 4 heteroatoms. The Labute approximate surface area is 112 Å². The Morgan fingerprint density at radius 1 is 1.05 bits per heavy atom. The monoisotopic (exact) mass is 255 g/mol. The topological polar surface area (TPSA) is 50.8 Å². The largest absolute Gasteiger partial charge is 0.471 e. The number of rotatable bonds is 3. The van der Waals surface area contributed by atoms with Crippen LogP contribution in [0.5, 0.6) is 5.88 Å². The van der Waals surface area contributed by atoms with Gasteiger partial charge in [-0.15, -0.1) is 0 Å². The summed E-state index contributed by atoms with van der Waals surface area (Å²) in [6, 6.07) is 11.9. The van der Waals surface area contributed by atoms with Gasteiger partial charge in [-0.2, -0.15) is 4.98 Å². The third-order valence-electron chi connectivity index (χ3n) is 2.53. The van der Waals surface area contributed by atoms with Crippen molar-refractivity contribution in [3.8, 4) is 5.88 Å². The molecule has 0 amide bonds. The lowest BCUT2D eigenvalue weighted by molar-refractivity contribution is 0.297. The molecule has 0 saturated carbocycles. The maximum atomic E-state index is 5.68. The molecule has 0 atom stereocenters. The van der Waals surface area contributed by atoms with Crippen molar-refractivity contribution in [2.24, 2.45) is 0 Å². The first-order valence-corrected chi connectivity index (χ1v) is 6.38. The zero-order chi connectivity index (χ0) is 13.5. The molecule has 0 spiro atoms. The van der Waals surface area contributed by atoms with Crippen LogP contribution < -0.4 is 4.74 Å². The fourth-order valence-electron chi connectivity index (χ4n) is 1.68. The van der Waals surface area contributed by atoms with E-state index >= 15 is 0 Å². The summed E-state index contributed by atoms with van der Waals surface area (Å²) >= 11 is 0. The number of aromatic nitrogens is 3. The van der Waals surface area contributed by atoms with E-state index in [-0.39, 0.29) is 0 Å². The standard InChI is InChI=1S/C13H11N3O.C2H6/c1-2-4-10(5-3-1)8-17-13-12-11(6-7-14-12)15-9-16-13;1-2/h1-7,9,14H,8H2;1-2H3. The number of aromatic amines is 1. The van der Waals surface area contributed by atoms with Gasteiger partial charge < -0.3 is 9.72 Å². The van der Waals surface area contributed by atoms with E-state index in [0.29, 0.717) is 12.5 Å². The molecule has 1 N–H and O–H groups in total. The van der Waals surface area contributed by atoms with Crippen LogP contribution in [0.3, 0.4) is 0 Å². The van der Waals surface area contributed by atoms with Crippen LogP contribution in [-0.2, 0) is 6.61 Å². The van der Waals surface area contributed by atoms with Crippen molar-refractivity contribution >= 4 is 11.0 Å². The van der Waals surface area contributed by atoms with Crippen LogP contribution in [0, 0.1) is 0 Å². The molecular formula is C15H17N3O. The molecule has 0 radical (unpaired) electrons. The maximum absolute atomic E-state index is 5.68. The number of H-pyrrole nitrogens is 1. The van der Waals surface area contributed by atoms with Gasteiger partial charge in [0.15, 0.2) is 0 Å². The van der Waals surface area contributed by atoms with Crippen LogP contribution in [-0.4, -0.2) is 15.0 Å². The molecule has 0 bridgehead atoms. The van der Waals surface area contributed by atoms with Gasteiger partial charge in [-0.1, -0.05) is 44.2 Å². The first kappa shape index (κ1) is 13.1. The lowest BCUT2D eigenvalue weighted by atomic mass is 10.2. The van der Waals surface area contributed by atoms with Crippen LogP contribution >= 0.6 is 0 Å². The smallest absolute Gasteiger partial charge is 0.241 e. The minimum Gasteiger partial charge on any atom is -0.471 e. The van der Waals surface area contributed by atoms with E-state index in [0.717, 1.165) is 16.6 Å². The number of fused-ring (bicyclic) bond motifs is 1. The number of nitrogens with one attached hydrogen (secondary N) is 1. The van der Waals surface area contributed by atoms with Gasteiger partial charge in [-0.25, -0.2) is 4.98 Å². The maximum Gasteiger partial charge on any atom is 0.241 e. The van der Waals surface area contributed by atoms with E-state index in [2.05, 4.69) is 15.0 Å². The van der Waals surface area contributed by atoms with Gasteiger partial charge in [0.2, 0.25) is 5.88 Å². The summed E-state index contributed by atoms with van der Waals surface area (Å²) in [5, 5.41) is 0. The molecule has 0 aliphatic rings. The summed E-state index contributed by atoms with van der Waals surface area (Å²) in [5.74, 6) is 0.587. The molecule has 2 heterocycles. The highest BCUT2D eigenvalue weighted by Gasteiger charge is 2.05. The van der Waals surface area contributed by atoms with Gasteiger partial charge >= 0.3 is 0 Å². The van der Waals surface area contributed by atoms with E-state index in [1.165, 1.54) is 6.33 Å². The van der Waals surface area contributed by atoms with Gasteiger partial charge in [0.25, 0.3) is 0 Å². The predicted molar refractivity (Wildman–Crippen MR) is 76.0 cm³/mol.